The van der Waals surface area contributed by atoms with E-state index >= 15 is 0 Å². The van der Waals surface area contributed by atoms with E-state index in [-0.39, 0.29) is 0 Å². The molecule has 0 saturated carbocycles. The summed E-state index contributed by atoms with van der Waals surface area (Å²) in [5.74, 6) is 1.81. The van der Waals surface area contributed by atoms with Crippen LogP contribution in [0.3, 0.4) is 0 Å². The first-order valence-electron chi connectivity index (χ1n) is 6.34. The van der Waals surface area contributed by atoms with Crippen molar-refractivity contribution in [1.82, 2.24) is 5.32 Å². The lowest BCUT2D eigenvalue weighted by Gasteiger charge is -2.29. The van der Waals surface area contributed by atoms with Crippen LogP contribution < -0.4 is 5.32 Å². The first kappa shape index (κ1) is 10.2. The largest absolute Gasteiger partial charge is 0.316 e. The molecule has 0 radical (unpaired) electrons. The summed E-state index contributed by atoms with van der Waals surface area (Å²) < 4.78 is 0. The topological polar surface area (TPSA) is 12.0 Å². The predicted molar refractivity (Wildman–Crippen MR) is 61.3 cm³/mol. The summed E-state index contributed by atoms with van der Waals surface area (Å²) in [4.78, 5) is 0. The summed E-state index contributed by atoms with van der Waals surface area (Å²) in [7, 11) is 0. The molecule has 1 nitrogen and oxygen atoms in total. The predicted octanol–water partition coefficient (Wildman–Crippen LogP) is 3.12. The highest BCUT2D eigenvalue weighted by atomic mass is 14.9. The monoisotopic (exact) mass is 193 g/mol. The van der Waals surface area contributed by atoms with Gasteiger partial charge in [-0.05, 0) is 57.0 Å². The van der Waals surface area contributed by atoms with Crippen LogP contribution in [0.4, 0.5) is 0 Å². The number of nitrogens with one attached hydrogen (secondary N) is 1. The van der Waals surface area contributed by atoms with E-state index in [2.05, 4.69) is 17.5 Å². The van der Waals surface area contributed by atoms with Crippen molar-refractivity contribution in [3.05, 3.63) is 12.2 Å². The highest BCUT2D eigenvalue weighted by Crippen LogP contribution is 2.27. The molecular formula is C13H23N. The second-order valence-electron chi connectivity index (χ2n) is 4.84. The summed E-state index contributed by atoms with van der Waals surface area (Å²) in [5.41, 5.74) is 0. The van der Waals surface area contributed by atoms with E-state index in [9.17, 15) is 0 Å². The van der Waals surface area contributed by atoms with E-state index in [1.165, 1.54) is 58.0 Å². The van der Waals surface area contributed by atoms with E-state index in [0.717, 1.165) is 11.8 Å². The molecule has 1 aliphatic carbocycles. The molecule has 1 heterocycles. The lowest BCUT2D eigenvalue weighted by Crippen LogP contribution is -2.33. The van der Waals surface area contributed by atoms with Crippen molar-refractivity contribution < 1.29 is 0 Å². The molecule has 1 N–H and O–H groups in total. The molecule has 2 aliphatic rings. The Morgan fingerprint density at radius 2 is 2.00 bits per heavy atom. The molecule has 0 aromatic heterocycles. The number of allylic oxidation sites excluding steroid dienone is 2. The third-order valence-corrected chi connectivity index (χ3v) is 3.73. The first-order valence-corrected chi connectivity index (χ1v) is 6.34. The summed E-state index contributed by atoms with van der Waals surface area (Å²) in [6.45, 7) is 2.50. The molecule has 0 aromatic carbocycles. The fourth-order valence-corrected chi connectivity index (χ4v) is 2.82. The highest BCUT2D eigenvalue weighted by molar-refractivity contribution is 4.94. The number of piperidine rings is 1. The Bertz CT molecular complexity index is 180. The van der Waals surface area contributed by atoms with Crippen LogP contribution in [0.1, 0.15) is 44.9 Å². The van der Waals surface area contributed by atoms with Gasteiger partial charge in [0.25, 0.3) is 0 Å². The van der Waals surface area contributed by atoms with Gasteiger partial charge in [-0.3, -0.25) is 0 Å². The van der Waals surface area contributed by atoms with Crippen molar-refractivity contribution in [3.63, 3.8) is 0 Å². The maximum absolute atomic E-state index is 3.53. The first-order chi connectivity index (χ1) is 6.97. The van der Waals surface area contributed by atoms with Gasteiger partial charge in [0.2, 0.25) is 0 Å². The van der Waals surface area contributed by atoms with E-state index in [1.54, 1.807) is 0 Å². The minimum absolute atomic E-state index is 0.878. The normalized spacial score (nSPS) is 37.1. The van der Waals surface area contributed by atoms with Gasteiger partial charge in [-0.1, -0.05) is 25.0 Å². The molecule has 14 heavy (non-hydrogen) atoms. The molecular weight excluding hydrogens is 170 g/mol. The third-order valence-electron chi connectivity index (χ3n) is 3.73. The maximum atomic E-state index is 3.53. The minimum atomic E-state index is 0.878. The molecule has 0 spiro atoms. The Morgan fingerprint density at radius 3 is 2.86 bits per heavy atom. The SMILES string of the molecule is C1=C\C(C2CCCNC2)CCCCC/1. The average Bonchev–Trinajstić information content (AvgIpc) is 2.18. The lowest BCUT2D eigenvalue weighted by molar-refractivity contribution is 0.284. The Morgan fingerprint density at radius 1 is 1.00 bits per heavy atom. The van der Waals surface area contributed by atoms with Gasteiger partial charge in [0, 0.05) is 0 Å². The lowest BCUT2D eigenvalue weighted by atomic mass is 9.81. The van der Waals surface area contributed by atoms with Crippen LogP contribution in [0, 0.1) is 11.8 Å². The zero-order valence-corrected chi connectivity index (χ0v) is 9.17. The summed E-state index contributed by atoms with van der Waals surface area (Å²) in [5, 5.41) is 3.53. The van der Waals surface area contributed by atoms with Crippen LogP contribution in [0.25, 0.3) is 0 Å². The van der Waals surface area contributed by atoms with Gasteiger partial charge in [-0.25, -0.2) is 0 Å². The van der Waals surface area contributed by atoms with Gasteiger partial charge in [0.15, 0.2) is 0 Å². The van der Waals surface area contributed by atoms with Crippen LogP contribution >= 0.6 is 0 Å². The zero-order valence-electron chi connectivity index (χ0n) is 9.17. The van der Waals surface area contributed by atoms with Crippen LogP contribution in [0.15, 0.2) is 12.2 Å². The van der Waals surface area contributed by atoms with E-state index in [0.29, 0.717) is 0 Å². The van der Waals surface area contributed by atoms with Gasteiger partial charge in [0.05, 0.1) is 0 Å². The second-order valence-corrected chi connectivity index (χ2v) is 4.84. The second kappa shape index (κ2) is 5.55. The molecule has 2 unspecified atom stereocenters. The Kier molecular flexibility index (Phi) is 4.05. The fourth-order valence-electron chi connectivity index (χ4n) is 2.82. The van der Waals surface area contributed by atoms with Crippen LogP contribution in [-0.4, -0.2) is 13.1 Å². The fraction of sp³-hybridized carbons (Fsp3) is 0.846. The van der Waals surface area contributed by atoms with Gasteiger partial charge in [-0.15, -0.1) is 0 Å². The number of hydrogen-bond donors (Lipinski definition) is 1. The van der Waals surface area contributed by atoms with Crippen molar-refractivity contribution in [2.24, 2.45) is 11.8 Å². The van der Waals surface area contributed by atoms with Gasteiger partial charge in [-0.2, -0.15) is 0 Å². The summed E-state index contributed by atoms with van der Waals surface area (Å²) >= 11 is 0. The van der Waals surface area contributed by atoms with Crippen LogP contribution in [0.2, 0.25) is 0 Å². The van der Waals surface area contributed by atoms with Gasteiger partial charge < -0.3 is 5.32 Å². The highest BCUT2D eigenvalue weighted by Gasteiger charge is 2.21. The van der Waals surface area contributed by atoms with Crippen molar-refractivity contribution in [2.75, 3.05) is 13.1 Å². The van der Waals surface area contributed by atoms with E-state index in [1.807, 2.05) is 0 Å². The van der Waals surface area contributed by atoms with Gasteiger partial charge in [0.1, 0.15) is 0 Å². The molecule has 0 bridgehead atoms. The smallest absolute Gasteiger partial charge is 0.00149 e. The molecule has 0 aromatic rings. The van der Waals surface area contributed by atoms with Crippen molar-refractivity contribution in [3.8, 4) is 0 Å². The molecule has 0 amide bonds. The molecule has 2 rings (SSSR count). The molecule has 1 saturated heterocycles. The maximum Gasteiger partial charge on any atom is -0.00149 e. The molecule has 2 atom stereocenters. The van der Waals surface area contributed by atoms with Crippen molar-refractivity contribution in [2.45, 2.75) is 44.9 Å². The molecule has 80 valence electrons. The number of rotatable bonds is 1. The zero-order chi connectivity index (χ0) is 9.64. The Balaban J connectivity index is 1.88. The summed E-state index contributed by atoms with van der Waals surface area (Å²) in [6, 6.07) is 0. The Hall–Kier alpha value is -0.300. The third kappa shape index (κ3) is 2.84. The van der Waals surface area contributed by atoms with E-state index in [4.69, 9.17) is 0 Å². The Labute approximate surface area is 88.0 Å². The molecule has 1 aliphatic heterocycles. The average molecular weight is 193 g/mol. The molecule has 1 heteroatoms. The standard InChI is InChI=1S/C13H23N/c1-2-4-7-12(8-5-3-1)13-9-6-10-14-11-13/h4,7,12-14H,1-3,5-6,8-11H2/b7-4-. The van der Waals surface area contributed by atoms with Crippen molar-refractivity contribution in [1.29, 1.82) is 0 Å². The van der Waals surface area contributed by atoms with Gasteiger partial charge >= 0.3 is 0 Å². The summed E-state index contributed by atoms with van der Waals surface area (Å²) in [6.07, 6.45) is 14.8. The molecule has 1 fully saturated rings. The van der Waals surface area contributed by atoms with Crippen LogP contribution in [0.5, 0.6) is 0 Å². The van der Waals surface area contributed by atoms with Crippen LogP contribution in [-0.2, 0) is 0 Å². The van der Waals surface area contributed by atoms with Crippen molar-refractivity contribution >= 4 is 0 Å². The number of hydrogen-bond acceptors (Lipinski definition) is 1. The minimum Gasteiger partial charge on any atom is -0.316 e. The quantitative estimate of drug-likeness (QED) is 0.631. The van der Waals surface area contributed by atoms with E-state index < -0.39 is 0 Å².